The van der Waals surface area contributed by atoms with Gasteiger partial charge in [0, 0.05) is 31.1 Å². The van der Waals surface area contributed by atoms with Gasteiger partial charge in [-0.1, -0.05) is 23.7 Å². The lowest BCUT2D eigenvalue weighted by Crippen LogP contribution is -2.42. The van der Waals surface area contributed by atoms with Crippen molar-refractivity contribution in [3.8, 4) is 0 Å². The van der Waals surface area contributed by atoms with E-state index in [0.717, 1.165) is 5.56 Å². The molecule has 1 aromatic carbocycles. The van der Waals surface area contributed by atoms with Crippen molar-refractivity contribution in [2.45, 2.75) is 30.7 Å². The number of β-amino-alcohol motifs (C(OH)–C–C–N with tert-alkyl or cyclic N) is 2. The second-order valence-electron chi connectivity index (χ2n) is 5.57. The van der Waals surface area contributed by atoms with Crippen LogP contribution in [-0.4, -0.2) is 52.6 Å². The molecule has 3 nitrogen and oxygen atoms in total. The standard InChI is InChI=1S/C14H17ClF3NO2/c15-11-3-1-2-10(6-11)7-13(21)4-5-19(9-13)8-12(20)14(16,17)18/h1-3,6,12,20-21H,4-5,7-9H2/t12-,13-/m0/s1. The van der Waals surface area contributed by atoms with Gasteiger partial charge in [-0.15, -0.1) is 0 Å². The molecule has 7 heteroatoms. The molecule has 2 atom stereocenters. The molecule has 0 bridgehead atoms. The lowest BCUT2D eigenvalue weighted by molar-refractivity contribution is -0.207. The number of halogens is 4. The van der Waals surface area contributed by atoms with Crippen LogP contribution in [0.1, 0.15) is 12.0 Å². The first-order chi connectivity index (χ1) is 9.68. The molecule has 21 heavy (non-hydrogen) atoms. The fourth-order valence-electron chi connectivity index (χ4n) is 2.62. The minimum atomic E-state index is -4.63. The van der Waals surface area contributed by atoms with Crippen molar-refractivity contribution in [3.63, 3.8) is 0 Å². The average Bonchev–Trinajstić information content (AvgIpc) is 2.69. The van der Waals surface area contributed by atoms with Gasteiger partial charge >= 0.3 is 6.18 Å². The molecule has 0 amide bonds. The monoisotopic (exact) mass is 323 g/mol. The van der Waals surface area contributed by atoms with E-state index in [1.807, 2.05) is 6.07 Å². The maximum Gasteiger partial charge on any atom is 0.415 e. The first-order valence-corrected chi connectivity index (χ1v) is 7.00. The van der Waals surface area contributed by atoms with Gasteiger partial charge in [0.2, 0.25) is 0 Å². The van der Waals surface area contributed by atoms with Crippen molar-refractivity contribution in [3.05, 3.63) is 34.9 Å². The van der Waals surface area contributed by atoms with Crippen molar-refractivity contribution in [2.24, 2.45) is 0 Å². The van der Waals surface area contributed by atoms with E-state index in [2.05, 4.69) is 0 Å². The first kappa shape index (κ1) is 16.5. The summed E-state index contributed by atoms with van der Waals surface area (Å²) >= 11 is 5.87. The van der Waals surface area contributed by atoms with Gasteiger partial charge in [-0.25, -0.2) is 0 Å². The van der Waals surface area contributed by atoms with E-state index >= 15 is 0 Å². The zero-order valence-electron chi connectivity index (χ0n) is 11.3. The van der Waals surface area contributed by atoms with E-state index in [-0.39, 0.29) is 6.54 Å². The Morgan fingerprint density at radius 2 is 2.10 bits per heavy atom. The van der Waals surface area contributed by atoms with E-state index < -0.39 is 24.4 Å². The highest BCUT2D eigenvalue weighted by Gasteiger charge is 2.43. The van der Waals surface area contributed by atoms with Crippen LogP contribution in [0.15, 0.2) is 24.3 Å². The SMILES string of the molecule is O[C@@H](CN1CC[C@](O)(Cc2cccc(Cl)c2)C1)C(F)(F)F. The minimum Gasteiger partial charge on any atom is -0.388 e. The first-order valence-electron chi connectivity index (χ1n) is 6.62. The van der Waals surface area contributed by atoms with E-state index in [4.69, 9.17) is 16.7 Å². The van der Waals surface area contributed by atoms with Crippen molar-refractivity contribution < 1.29 is 23.4 Å². The van der Waals surface area contributed by atoms with Crippen LogP contribution in [0.3, 0.4) is 0 Å². The van der Waals surface area contributed by atoms with Crippen LogP contribution in [0.4, 0.5) is 13.2 Å². The van der Waals surface area contributed by atoms with Crippen LogP contribution in [0.2, 0.25) is 5.02 Å². The molecule has 118 valence electrons. The van der Waals surface area contributed by atoms with Gasteiger partial charge in [-0.3, -0.25) is 4.90 Å². The molecule has 1 heterocycles. The summed E-state index contributed by atoms with van der Waals surface area (Å²) in [5.74, 6) is 0. The summed E-state index contributed by atoms with van der Waals surface area (Å²) in [4.78, 5) is 1.43. The van der Waals surface area contributed by atoms with Crippen LogP contribution >= 0.6 is 11.6 Å². The van der Waals surface area contributed by atoms with Gasteiger partial charge < -0.3 is 10.2 Å². The van der Waals surface area contributed by atoms with Crippen molar-refractivity contribution >= 4 is 11.6 Å². The quantitative estimate of drug-likeness (QED) is 0.893. The Hall–Kier alpha value is -0.820. The van der Waals surface area contributed by atoms with Crippen molar-refractivity contribution in [1.82, 2.24) is 4.90 Å². The predicted octanol–water partition coefficient (Wildman–Crippen LogP) is 2.24. The maximum atomic E-state index is 12.3. The number of benzene rings is 1. The number of hydrogen-bond donors (Lipinski definition) is 2. The zero-order valence-corrected chi connectivity index (χ0v) is 12.0. The fraction of sp³-hybridized carbons (Fsp3) is 0.571. The summed E-state index contributed by atoms with van der Waals surface area (Å²) in [7, 11) is 0. The molecule has 2 N–H and O–H groups in total. The molecule has 1 fully saturated rings. The Bertz CT molecular complexity index is 497. The Kier molecular flexibility index (Phi) is 4.82. The van der Waals surface area contributed by atoms with Gasteiger partial charge in [0.25, 0.3) is 0 Å². The number of hydrogen-bond acceptors (Lipinski definition) is 3. The second kappa shape index (κ2) is 6.12. The third-order valence-corrected chi connectivity index (χ3v) is 3.88. The third-order valence-electron chi connectivity index (χ3n) is 3.64. The molecule has 0 spiro atoms. The van der Waals surface area contributed by atoms with E-state index in [0.29, 0.717) is 24.4 Å². The zero-order chi connectivity index (χ0) is 15.7. The molecule has 1 aliphatic rings. The molecule has 1 aliphatic heterocycles. The highest BCUT2D eigenvalue weighted by molar-refractivity contribution is 6.30. The predicted molar refractivity (Wildman–Crippen MR) is 73.2 cm³/mol. The third kappa shape index (κ3) is 4.57. The normalized spacial score (nSPS) is 25.2. The van der Waals surface area contributed by atoms with Crippen LogP contribution in [0.5, 0.6) is 0 Å². The largest absolute Gasteiger partial charge is 0.415 e. The van der Waals surface area contributed by atoms with Crippen LogP contribution < -0.4 is 0 Å². The summed E-state index contributed by atoms with van der Waals surface area (Å²) in [6.45, 7) is -0.0851. The van der Waals surface area contributed by atoms with E-state index in [1.165, 1.54) is 4.90 Å². The van der Waals surface area contributed by atoms with Crippen molar-refractivity contribution in [1.29, 1.82) is 0 Å². The van der Waals surface area contributed by atoms with E-state index in [9.17, 15) is 18.3 Å². The fourth-order valence-corrected chi connectivity index (χ4v) is 2.83. The summed E-state index contributed by atoms with van der Waals surface area (Å²) in [6.07, 6.45) is -6.32. The molecular weight excluding hydrogens is 307 g/mol. The van der Waals surface area contributed by atoms with Gasteiger partial charge in [0.1, 0.15) is 0 Å². The maximum absolute atomic E-state index is 12.3. The summed E-state index contributed by atoms with van der Waals surface area (Å²) in [6, 6.07) is 7.03. The summed E-state index contributed by atoms with van der Waals surface area (Å²) < 4.78 is 37.0. The molecular formula is C14H17ClF3NO2. The van der Waals surface area contributed by atoms with Crippen LogP contribution in [0, 0.1) is 0 Å². The molecule has 0 saturated carbocycles. The molecule has 1 saturated heterocycles. The molecule has 0 aliphatic carbocycles. The number of rotatable bonds is 4. The van der Waals surface area contributed by atoms with Gasteiger partial charge in [-0.2, -0.15) is 13.2 Å². The highest BCUT2D eigenvalue weighted by atomic mass is 35.5. The van der Waals surface area contributed by atoms with E-state index in [1.54, 1.807) is 18.2 Å². The Balaban J connectivity index is 1.94. The van der Waals surface area contributed by atoms with Gasteiger partial charge in [0.05, 0.1) is 5.60 Å². The van der Waals surface area contributed by atoms with Crippen molar-refractivity contribution in [2.75, 3.05) is 19.6 Å². The minimum absolute atomic E-state index is 0.104. The molecule has 0 unspecified atom stereocenters. The van der Waals surface area contributed by atoms with Gasteiger partial charge in [0.15, 0.2) is 6.10 Å². The number of likely N-dealkylation sites (tertiary alicyclic amines) is 1. The molecule has 0 aromatic heterocycles. The Labute approximate surface area is 125 Å². The molecule has 1 aromatic rings. The summed E-state index contributed by atoms with van der Waals surface area (Å²) in [5.41, 5.74) is -0.251. The van der Waals surface area contributed by atoms with Gasteiger partial charge in [-0.05, 0) is 24.1 Å². The number of alkyl halides is 3. The number of aliphatic hydroxyl groups is 2. The lowest BCUT2D eigenvalue weighted by atomic mass is 9.94. The number of nitrogens with zero attached hydrogens (tertiary/aromatic N) is 1. The number of aliphatic hydroxyl groups excluding tert-OH is 1. The summed E-state index contributed by atoms with van der Waals surface area (Å²) in [5, 5.41) is 20.1. The Morgan fingerprint density at radius 1 is 1.38 bits per heavy atom. The lowest BCUT2D eigenvalue weighted by Gasteiger charge is -2.25. The molecule has 2 rings (SSSR count). The Morgan fingerprint density at radius 3 is 2.71 bits per heavy atom. The van der Waals surface area contributed by atoms with Crippen LogP contribution in [0.25, 0.3) is 0 Å². The molecule has 0 radical (unpaired) electrons. The average molecular weight is 324 g/mol. The topological polar surface area (TPSA) is 43.7 Å². The smallest absolute Gasteiger partial charge is 0.388 e. The highest BCUT2D eigenvalue weighted by Crippen LogP contribution is 2.28. The second-order valence-corrected chi connectivity index (χ2v) is 6.01. The van der Waals surface area contributed by atoms with Crippen LogP contribution in [-0.2, 0) is 6.42 Å².